The maximum atomic E-state index is 10.3. The van der Waals surface area contributed by atoms with Crippen LogP contribution in [0, 0.1) is 34.5 Å². The predicted molar refractivity (Wildman–Crippen MR) is 94.7 cm³/mol. The molecule has 4 rings (SSSR count). The first-order valence-electron chi connectivity index (χ1n) is 10.1. The highest BCUT2D eigenvalue weighted by molar-refractivity contribution is 5.10. The van der Waals surface area contributed by atoms with Crippen LogP contribution in [-0.2, 0) is 9.47 Å². The molecule has 4 unspecified atom stereocenters. The number of hydrogen-bond donors (Lipinski definition) is 1. The molecule has 0 aromatic rings. The molecule has 4 aliphatic carbocycles. The molecule has 1 N–H and O–H groups in total. The van der Waals surface area contributed by atoms with E-state index in [1.165, 1.54) is 38.5 Å². The van der Waals surface area contributed by atoms with Gasteiger partial charge in [-0.2, -0.15) is 0 Å². The molecule has 0 saturated heterocycles. The molecule has 24 heavy (non-hydrogen) atoms. The van der Waals surface area contributed by atoms with E-state index < -0.39 is 0 Å². The summed E-state index contributed by atoms with van der Waals surface area (Å²) in [5, 5.41) is 10.3. The summed E-state index contributed by atoms with van der Waals surface area (Å²) in [5.41, 5.74) is 0.826. The predicted octanol–water partition coefficient (Wildman–Crippen LogP) is 4.03. The van der Waals surface area contributed by atoms with Crippen LogP contribution < -0.4 is 0 Å². The summed E-state index contributed by atoms with van der Waals surface area (Å²) in [6.07, 6.45) is 10.2. The van der Waals surface area contributed by atoms with Gasteiger partial charge in [-0.25, -0.2) is 0 Å². The Balaban J connectivity index is 1.65. The van der Waals surface area contributed by atoms with Crippen molar-refractivity contribution in [3.8, 4) is 0 Å². The Hall–Kier alpha value is -0.120. The van der Waals surface area contributed by atoms with Crippen molar-refractivity contribution in [3.05, 3.63) is 0 Å². The van der Waals surface area contributed by atoms with E-state index in [1.807, 2.05) is 14.2 Å². The first kappa shape index (κ1) is 17.3. The zero-order valence-electron chi connectivity index (χ0n) is 16.0. The smallest absolute Gasteiger partial charge is 0.0608 e. The van der Waals surface area contributed by atoms with Crippen LogP contribution in [0.1, 0.15) is 65.2 Å². The molecule has 9 atom stereocenters. The zero-order valence-corrected chi connectivity index (χ0v) is 16.0. The van der Waals surface area contributed by atoms with Crippen LogP contribution in [0.15, 0.2) is 0 Å². The van der Waals surface area contributed by atoms with Crippen molar-refractivity contribution >= 4 is 0 Å². The van der Waals surface area contributed by atoms with Gasteiger partial charge in [0.2, 0.25) is 0 Å². The zero-order chi connectivity index (χ0) is 17.1. The largest absolute Gasteiger partial charge is 0.393 e. The Kier molecular flexibility index (Phi) is 4.29. The molecule has 4 fully saturated rings. The van der Waals surface area contributed by atoms with Gasteiger partial charge in [-0.15, -0.1) is 0 Å². The van der Waals surface area contributed by atoms with Gasteiger partial charge < -0.3 is 14.6 Å². The summed E-state index contributed by atoms with van der Waals surface area (Å²) in [7, 11) is 3.78. The molecule has 4 aliphatic rings. The molecule has 138 valence electrons. The fourth-order valence-corrected chi connectivity index (χ4v) is 7.68. The summed E-state index contributed by atoms with van der Waals surface area (Å²) in [5.74, 6) is 2.93. The van der Waals surface area contributed by atoms with Gasteiger partial charge in [0.15, 0.2) is 0 Å². The Bertz CT molecular complexity index is 480. The third-order valence-corrected chi connectivity index (χ3v) is 8.99. The van der Waals surface area contributed by atoms with Gasteiger partial charge in [0.05, 0.1) is 18.3 Å². The maximum absolute atomic E-state index is 10.3. The van der Waals surface area contributed by atoms with E-state index in [4.69, 9.17) is 9.47 Å². The van der Waals surface area contributed by atoms with Gasteiger partial charge in [0.1, 0.15) is 0 Å². The van der Waals surface area contributed by atoms with E-state index in [2.05, 4.69) is 13.8 Å². The summed E-state index contributed by atoms with van der Waals surface area (Å²) in [4.78, 5) is 0. The molecule has 0 amide bonds. The molecule has 0 bridgehead atoms. The first-order valence-corrected chi connectivity index (χ1v) is 10.1. The minimum absolute atomic E-state index is 0.115. The van der Waals surface area contributed by atoms with Gasteiger partial charge >= 0.3 is 0 Å². The summed E-state index contributed by atoms with van der Waals surface area (Å²) >= 11 is 0. The van der Waals surface area contributed by atoms with Crippen molar-refractivity contribution < 1.29 is 14.6 Å². The van der Waals surface area contributed by atoms with Crippen molar-refractivity contribution in [2.24, 2.45) is 34.5 Å². The fourth-order valence-electron chi connectivity index (χ4n) is 7.68. The van der Waals surface area contributed by atoms with E-state index in [0.717, 1.165) is 30.6 Å². The van der Waals surface area contributed by atoms with E-state index >= 15 is 0 Å². The number of aliphatic hydroxyl groups excluding tert-OH is 1. The SMILES string of the molecule is CO[C@@H]1CC2[C@H]3C[C@H](OC)C4CC(O)CC[C@@]4(C)C3CC[C@@]2(C)C1. The molecule has 0 aromatic heterocycles. The van der Waals surface area contributed by atoms with Crippen LogP contribution in [0.3, 0.4) is 0 Å². The average molecular weight is 337 g/mol. The summed E-state index contributed by atoms with van der Waals surface area (Å²) < 4.78 is 11.8. The second-order valence-corrected chi connectivity index (χ2v) is 9.92. The number of methoxy groups -OCH3 is 2. The number of hydrogen-bond acceptors (Lipinski definition) is 3. The van der Waals surface area contributed by atoms with Crippen LogP contribution in [0.2, 0.25) is 0 Å². The Morgan fingerprint density at radius 3 is 2.38 bits per heavy atom. The second-order valence-electron chi connectivity index (χ2n) is 9.92. The molecule has 0 aromatic carbocycles. The molecular formula is C21H36O3. The van der Waals surface area contributed by atoms with Crippen molar-refractivity contribution in [2.75, 3.05) is 14.2 Å². The van der Waals surface area contributed by atoms with Crippen molar-refractivity contribution in [1.29, 1.82) is 0 Å². The van der Waals surface area contributed by atoms with Gasteiger partial charge in [0.25, 0.3) is 0 Å². The summed E-state index contributed by atoms with van der Waals surface area (Å²) in [6.45, 7) is 5.05. The monoisotopic (exact) mass is 336 g/mol. The summed E-state index contributed by atoms with van der Waals surface area (Å²) in [6, 6.07) is 0. The average Bonchev–Trinajstić information content (AvgIpc) is 2.92. The molecular weight excluding hydrogens is 300 g/mol. The lowest BCUT2D eigenvalue weighted by Gasteiger charge is -2.62. The van der Waals surface area contributed by atoms with Gasteiger partial charge in [-0.1, -0.05) is 13.8 Å². The lowest BCUT2D eigenvalue weighted by Crippen LogP contribution is -2.58. The molecule has 3 nitrogen and oxygen atoms in total. The highest BCUT2D eigenvalue weighted by Gasteiger charge is 2.61. The number of ether oxygens (including phenoxy) is 2. The molecule has 0 radical (unpaired) electrons. The van der Waals surface area contributed by atoms with Gasteiger partial charge in [-0.05, 0) is 85.9 Å². The normalized spacial score (nSPS) is 57.1. The minimum atomic E-state index is -0.115. The highest BCUT2D eigenvalue weighted by Crippen LogP contribution is 2.66. The van der Waals surface area contributed by atoms with Gasteiger partial charge in [-0.3, -0.25) is 0 Å². The lowest BCUT2D eigenvalue weighted by molar-refractivity contribution is -0.175. The van der Waals surface area contributed by atoms with Crippen LogP contribution in [-0.4, -0.2) is 37.6 Å². The Morgan fingerprint density at radius 1 is 0.875 bits per heavy atom. The maximum Gasteiger partial charge on any atom is 0.0608 e. The minimum Gasteiger partial charge on any atom is -0.393 e. The standard InChI is InChI=1S/C21H36O3/c1-20-7-6-16-15(17(20)10-14(12-20)23-3)11-19(24-4)18-9-13(22)5-8-21(16,18)2/h13-19,22H,5-12H2,1-4H3/t13?,14-,15+,16?,17?,18?,19+,20+,21+/m1/s1. The van der Waals surface area contributed by atoms with Crippen LogP contribution >= 0.6 is 0 Å². The topological polar surface area (TPSA) is 38.7 Å². The second kappa shape index (κ2) is 5.96. The highest BCUT2D eigenvalue weighted by atomic mass is 16.5. The van der Waals surface area contributed by atoms with Crippen molar-refractivity contribution in [3.63, 3.8) is 0 Å². The number of fused-ring (bicyclic) bond motifs is 5. The third-order valence-electron chi connectivity index (χ3n) is 8.99. The van der Waals surface area contributed by atoms with E-state index in [1.54, 1.807) is 0 Å². The lowest BCUT2D eigenvalue weighted by atomic mass is 9.44. The molecule has 0 spiro atoms. The van der Waals surface area contributed by atoms with Crippen LogP contribution in [0.5, 0.6) is 0 Å². The Labute approximate surface area is 147 Å². The first-order chi connectivity index (χ1) is 11.4. The molecule has 3 heteroatoms. The van der Waals surface area contributed by atoms with Crippen LogP contribution in [0.4, 0.5) is 0 Å². The van der Waals surface area contributed by atoms with Crippen molar-refractivity contribution in [2.45, 2.75) is 83.5 Å². The van der Waals surface area contributed by atoms with Gasteiger partial charge in [0, 0.05) is 14.2 Å². The van der Waals surface area contributed by atoms with E-state index in [9.17, 15) is 5.11 Å². The molecule has 0 heterocycles. The van der Waals surface area contributed by atoms with E-state index in [-0.39, 0.29) is 6.10 Å². The third kappa shape index (κ3) is 2.41. The molecule has 0 aliphatic heterocycles. The quantitative estimate of drug-likeness (QED) is 0.827. The molecule has 4 saturated carbocycles. The fraction of sp³-hybridized carbons (Fsp3) is 1.00. The Morgan fingerprint density at radius 2 is 1.67 bits per heavy atom. The van der Waals surface area contributed by atoms with E-state index in [0.29, 0.717) is 29.0 Å². The number of aliphatic hydroxyl groups is 1. The number of rotatable bonds is 2. The van der Waals surface area contributed by atoms with Crippen LogP contribution in [0.25, 0.3) is 0 Å². The van der Waals surface area contributed by atoms with Crippen molar-refractivity contribution in [1.82, 2.24) is 0 Å².